The second-order valence-electron chi connectivity index (χ2n) is 7.38. The Bertz CT molecular complexity index is 985. The smallest absolute Gasteiger partial charge is 0.243 e. The van der Waals surface area contributed by atoms with Gasteiger partial charge in [-0.15, -0.1) is 0 Å². The molecule has 4 nitrogen and oxygen atoms in total. The average Bonchev–Trinajstić information content (AvgIpc) is 2.64. The molecule has 152 valence electrons. The van der Waals surface area contributed by atoms with Crippen molar-refractivity contribution in [2.45, 2.75) is 45.6 Å². The molecule has 1 unspecified atom stereocenters. The van der Waals surface area contributed by atoms with Crippen LogP contribution in [-0.2, 0) is 14.8 Å². The van der Waals surface area contributed by atoms with E-state index >= 15 is 0 Å². The summed E-state index contributed by atoms with van der Waals surface area (Å²) in [6, 6.07) is 5.18. The normalized spacial score (nSPS) is 18.5. The minimum Gasteiger partial charge on any atom is -0.371 e. The highest BCUT2D eigenvalue weighted by molar-refractivity contribution is 7.89. The van der Waals surface area contributed by atoms with Gasteiger partial charge in [-0.1, -0.05) is 23.2 Å². The molecule has 1 heterocycles. The van der Waals surface area contributed by atoms with Crippen molar-refractivity contribution < 1.29 is 13.2 Å². The Balaban J connectivity index is 2.01. The van der Waals surface area contributed by atoms with Gasteiger partial charge in [0.25, 0.3) is 0 Å². The maximum Gasteiger partial charge on any atom is 0.243 e. The lowest BCUT2D eigenvalue weighted by molar-refractivity contribution is -0.00256. The van der Waals surface area contributed by atoms with Gasteiger partial charge in [0, 0.05) is 23.1 Å². The summed E-state index contributed by atoms with van der Waals surface area (Å²) in [6.07, 6.45) is -0.409. The Labute approximate surface area is 177 Å². The summed E-state index contributed by atoms with van der Waals surface area (Å²) in [5.74, 6) is 0. The van der Waals surface area contributed by atoms with Gasteiger partial charge in [0.05, 0.1) is 17.6 Å². The predicted molar refractivity (Wildman–Crippen MR) is 114 cm³/mol. The molecular weight excluding hydrogens is 417 g/mol. The van der Waals surface area contributed by atoms with Gasteiger partial charge in [0.1, 0.15) is 0 Å². The molecule has 1 fully saturated rings. The van der Waals surface area contributed by atoms with Crippen LogP contribution in [0.4, 0.5) is 0 Å². The van der Waals surface area contributed by atoms with E-state index in [9.17, 15) is 8.42 Å². The highest BCUT2D eigenvalue weighted by atomic mass is 35.5. The third-order valence-electron chi connectivity index (χ3n) is 5.81. The van der Waals surface area contributed by atoms with Crippen LogP contribution in [0, 0.1) is 34.6 Å². The summed E-state index contributed by atoms with van der Waals surface area (Å²) in [5.41, 5.74) is 5.59. The number of hydrogen-bond acceptors (Lipinski definition) is 3. The Morgan fingerprint density at radius 1 is 0.893 bits per heavy atom. The first kappa shape index (κ1) is 21.6. The molecule has 0 amide bonds. The zero-order valence-electron chi connectivity index (χ0n) is 16.8. The van der Waals surface area contributed by atoms with Gasteiger partial charge >= 0.3 is 0 Å². The third kappa shape index (κ3) is 3.83. The van der Waals surface area contributed by atoms with E-state index in [0.29, 0.717) is 28.1 Å². The number of halogens is 2. The van der Waals surface area contributed by atoms with Crippen LogP contribution in [0.15, 0.2) is 23.1 Å². The van der Waals surface area contributed by atoms with Crippen LogP contribution in [0.25, 0.3) is 0 Å². The zero-order valence-corrected chi connectivity index (χ0v) is 19.1. The summed E-state index contributed by atoms with van der Waals surface area (Å²) < 4.78 is 34.5. The van der Waals surface area contributed by atoms with E-state index in [0.717, 1.165) is 33.4 Å². The molecule has 1 aliphatic rings. The molecule has 0 spiro atoms. The predicted octanol–water partition coefficient (Wildman–Crippen LogP) is 5.30. The van der Waals surface area contributed by atoms with Gasteiger partial charge in [0.15, 0.2) is 0 Å². The lowest BCUT2D eigenvalue weighted by Crippen LogP contribution is -2.42. The van der Waals surface area contributed by atoms with Crippen molar-refractivity contribution in [2.24, 2.45) is 0 Å². The molecule has 2 aromatic carbocycles. The quantitative estimate of drug-likeness (QED) is 0.648. The van der Waals surface area contributed by atoms with Crippen molar-refractivity contribution in [2.75, 3.05) is 19.7 Å². The molecule has 2 aromatic rings. The minimum absolute atomic E-state index is 0.226. The first-order valence-corrected chi connectivity index (χ1v) is 11.4. The van der Waals surface area contributed by atoms with E-state index in [1.807, 2.05) is 34.6 Å². The maximum absolute atomic E-state index is 13.6. The fourth-order valence-electron chi connectivity index (χ4n) is 3.79. The molecule has 1 saturated heterocycles. The Hall–Kier alpha value is -1.11. The van der Waals surface area contributed by atoms with Gasteiger partial charge < -0.3 is 4.74 Å². The average molecular weight is 442 g/mol. The molecule has 7 heteroatoms. The van der Waals surface area contributed by atoms with Crippen molar-refractivity contribution in [1.29, 1.82) is 0 Å². The van der Waals surface area contributed by atoms with Crippen molar-refractivity contribution in [3.05, 3.63) is 61.6 Å². The maximum atomic E-state index is 13.6. The SMILES string of the molecule is Cc1c(C)c(C)c(S(=O)(=O)N2CCOC(c3cc(Cl)cc(Cl)c3)C2)c(C)c1C. The Morgan fingerprint density at radius 2 is 1.39 bits per heavy atom. The summed E-state index contributed by atoms with van der Waals surface area (Å²) in [5, 5.41) is 1.00. The molecule has 0 bridgehead atoms. The summed E-state index contributed by atoms with van der Waals surface area (Å²) in [7, 11) is -3.66. The number of morpholine rings is 1. The largest absolute Gasteiger partial charge is 0.371 e. The number of nitrogens with zero attached hydrogens (tertiary/aromatic N) is 1. The van der Waals surface area contributed by atoms with Gasteiger partial charge in [-0.3, -0.25) is 0 Å². The zero-order chi connectivity index (χ0) is 20.8. The molecule has 0 radical (unpaired) electrons. The first-order chi connectivity index (χ1) is 13.0. The van der Waals surface area contributed by atoms with Crippen LogP contribution in [0.2, 0.25) is 10.0 Å². The molecule has 1 atom stereocenters. The van der Waals surface area contributed by atoms with Crippen LogP contribution >= 0.6 is 23.2 Å². The van der Waals surface area contributed by atoms with Crippen LogP contribution < -0.4 is 0 Å². The molecule has 0 saturated carbocycles. The first-order valence-electron chi connectivity index (χ1n) is 9.18. The van der Waals surface area contributed by atoms with Gasteiger partial charge in [-0.25, -0.2) is 8.42 Å². The number of hydrogen-bond donors (Lipinski definition) is 0. The number of ether oxygens (including phenoxy) is 1. The Kier molecular flexibility index (Phi) is 6.14. The topological polar surface area (TPSA) is 46.6 Å². The molecule has 1 aliphatic heterocycles. The van der Waals surface area contributed by atoms with Crippen LogP contribution in [0.3, 0.4) is 0 Å². The summed E-state index contributed by atoms with van der Waals surface area (Å²) in [6.45, 7) is 10.6. The van der Waals surface area contributed by atoms with Gasteiger partial charge in [-0.05, 0) is 86.2 Å². The van der Waals surface area contributed by atoms with Crippen LogP contribution in [0.1, 0.15) is 39.5 Å². The van der Waals surface area contributed by atoms with Crippen molar-refractivity contribution in [3.63, 3.8) is 0 Å². The van der Waals surface area contributed by atoms with Crippen molar-refractivity contribution >= 4 is 33.2 Å². The molecule has 0 aromatic heterocycles. The van der Waals surface area contributed by atoms with Crippen molar-refractivity contribution in [1.82, 2.24) is 4.31 Å². The van der Waals surface area contributed by atoms with E-state index < -0.39 is 16.1 Å². The second kappa shape index (κ2) is 7.96. The monoisotopic (exact) mass is 441 g/mol. The minimum atomic E-state index is -3.66. The molecular formula is C21H25Cl2NO3S. The fourth-order valence-corrected chi connectivity index (χ4v) is 6.32. The van der Waals surface area contributed by atoms with E-state index in [1.165, 1.54) is 4.31 Å². The van der Waals surface area contributed by atoms with Crippen LogP contribution in [0.5, 0.6) is 0 Å². The highest BCUT2D eigenvalue weighted by Gasteiger charge is 2.34. The number of sulfonamides is 1. The molecule has 28 heavy (non-hydrogen) atoms. The van der Waals surface area contributed by atoms with Gasteiger partial charge in [0.2, 0.25) is 10.0 Å². The molecule has 3 rings (SSSR count). The van der Waals surface area contributed by atoms with E-state index in [-0.39, 0.29) is 6.54 Å². The standard InChI is InChI=1S/C21H25Cl2NO3S/c1-12-13(2)15(4)21(16(5)14(12)3)28(25,26)24-6-7-27-20(11-24)17-8-18(22)10-19(23)9-17/h8-10,20H,6-7,11H2,1-5H3. The number of rotatable bonds is 3. The lowest BCUT2D eigenvalue weighted by atomic mass is 9.95. The summed E-state index contributed by atoms with van der Waals surface area (Å²) >= 11 is 12.2. The third-order valence-corrected chi connectivity index (χ3v) is 8.39. The van der Waals surface area contributed by atoms with E-state index in [2.05, 4.69) is 0 Å². The lowest BCUT2D eigenvalue weighted by Gasteiger charge is -2.33. The van der Waals surface area contributed by atoms with Crippen LogP contribution in [-0.4, -0.2) is 32.4 Å². The molecule has 0 aliphatic carbocycles. The summed E-state index contributed by atoms with van der Waals surface area (Å²) in [4.78, 5) is 0.415. The molecule has 0 N–H and O–H groups in total. The fraction of sp³-hybridized carbons (Fsp3) is 0.429. The van der Waals surface area contributed by atoms with E-state index in [1.54, 1.807) is 18.2 Å². The van der Waals surface area contributed by atoms with E-state index in [4.69, 9.17) is 27.9 Å². The van der Waals surface area contributed by atoms with Crippen molar-refractivity contribution in [3.8, 4) is 0 Å². The Morgan fingerprint density at radius 3 is 1.93 bits per heavy atom. The number of benzene rings is 2. The van der Waals surface area contributed by atoms with Gasteiger partial charge in [-0.2, -0.15) is 4.31 Å². The second-order valence-corrected chi connectivity index (χ2v) is 10.1. The highest BCUT2D eigenvalue weighted by Crippen LogP contribution is 2.34.